The zero-order valence-corrected chi connectivity index (χ0v) is 8.81. The van der Waals surface area contributed by atoms with Crippen LogP contribution in [-0.2, 0) is 0 Å². The van der Waals surface area contributed by atoms with E-state index >= 15 is 0 Å². The van der Waals surface area contributed by atoms with Gasteiger partial charge in [-0.05, 0) is 22.9 Å². The molecule has 0 saturated carbocycles. The smallest absolute Gasteiger partial charge is 0.336 e. The second-order valence-corrected chi connectivity index (χ2v) is 3.48. The number of carboxylic acid groups (broad SMARTS) is 1. The Kier molecular flexibility index (Phi) is 2.76. The van der Waals surface area contributed by atoms with Crippen molar-refractivity contribution in [1.82, 2.24) is 5.43 Å². The van der Waals surface area contributed by atoms with Gasteiger partial charge in [-0.1, -0.05) is 24.3 Å². The van der Waals surface area contributed by atoms with E-state index in [1.54, 1.807) is 24.3 Å². The van der Waals surface area contributed by atoms with E-state index < -0.39 is 11.9 Å². The number of nitrogens with one attached hydrogen (secondary N) is 1. The van der Waals surface area contributed by atoms with E-state index in [-0.39, 0.29) is 5.56 Å². The third-order valence-corrected chi connectivity index (χ3v) is 2.53. The van der Waals surface area contributed by atoms with E-state index in [1.165, 1.54) is 12.1 Å². The molecule has 2 rings (SSSR count). The average Bonchev–Trinajstić information content (AvgIpc) is 2.36. The van der Waals surface area contributed by atoms with Crippen LogP contribution >= 0.6 is 0 Å². The van der Waals surface area contributed by atoms with Crippen molar-refractivity contribution in [2.45, 2.75) is 0 Å². The molecular formula is C12H10N2O3. The Hall–Kier alpha value is -2.40. The van der Waals surface area contributed by atoms with Gasteiger partial charge in [-0.25, -0.2) is 10.6 Å². The summed E-state index contributed by atoms with van der Waals surface area (Å²) < 4.78 is 0. The number of hydrogen-bond donors (Lipinski definition) is 3. The summed E-state index contributed by atoms with van der Waals surface area (Å²) in [5.74, 6) is 3.60. The van der Waals surface area contributed by atoms with Crippen LogP contribution in [0.5, 0.6) is 0 Å². The Morgan fingerprint density at radius 1 is 1.00 bits per heavy atom. The summed E-state index contributed by atoms with van der Waals surface area (Å²) in [6.45, 7) is 0. The average molecular weight is 230 g/mol. The Morgan fingerprint density at radius 2 is 1.53 bits per heavy atom. The second kappa shape index (κ2) is 4.23. The zero-order valence-electron chi connectivity index (χ0n) is 8.81. The molecule has 5 nitrogen and oxygen atoms in total. The first-order valence-corrected chi connectivity index (χ1v) is 4.91. The molecule has 0 aromatic heterocycles. The van der Waals surface area contributed by atoms with Crippen LogP contribution in [0.4, 0.5) is 0 Å². The zero-order chi connectivity index (χ0) is 12.4. The molecule has 0 unspecified atom stereocenters. The fourth-order valence-corrected chi connectivity index (χ4v) is 1.76. The van der Waals surface area contributed by atoms with Crippen LogP contribution in [0.25, 0.3) is 10.8 Å². The molecule has 86 valence electrons. The van der Waals surface area contributed by atoms with Crippen LogP contribution in [0.1, 0.15) is 20.7 Å². The Morgan fingerprint density at radius 3 is 2.06 bits per heavy atom. The van der Waals surface area contributed by atoms with Gasteiger partial charge in [-0.15, -0.1) is 0 Å². The van der Waals surface area contributed by atoms with Gasteiger partial charge in [0, 0.05) is 5.56 Å². The van der Waals surface area contributed by atoms with Crippen LogP contribution < -0.4 is 11.3 Å². The highest BCUT2D eigenvalue weighted by atomic mass is 16.4. The van der Waals surface area contributed by atoms with Gasteiger partial charge in [-0.3, -0.25) is 10.2 Å². The van der Waals surface area contributed by atoms with Crippen molar-refractivity contribution in [3.8, 4) is 0 Å². The van der Waals surface area contributed by atoms with E-state index in [2.05, 4.69) is 0 Å². The monoisotopic (exact) mass is 230 g/mol. The first-order valence-electron chi connectivity index (χ1n) is 4.91. The van der Waals surface area contributed by atoms with Crippen molar-refractivity contribution < 1.29 is 14.7 Å². The molecule has 0 aliphatic rings. The molecule has 0 saturated heterocycles. The number of carbonyl (C=O) groups is 2. The van der Waals surface area contributed by atoms with E-state index in [0.29, 0.717) is 16.3 Å². The lowest BCUT2D eigenvalue weighted by molar-refractivity contribution is 0.0698. The predicted octanol–water partition coefficient (Wildman–Crippen LogP) is 1.14. The summed E-state index contributed by atoms with van der Waals surface area (Å²) in [5.41, 5.74) is 2.55. The lowest BCUT2D eigenvalue weighted by atomic mass is 9.99. The highest BCUT2D eigenvalue weighted by molar-refractivity contribution is 6.12. The minimum Gasteiger partial charge on any atom is -0.478 e. The molecule has 0 fully saturated rings. The second-order valence-electron chi connectivity index (χ2n) is 3.48. The molecular weight excluding hydrogens is 220 g/mol. The number of hydrogen-bond acceptors (Lipinski definition) is 3. The number of benzene rings is 2. The molecule has 0 atom stereocenters. The van der Waals surface area contributed by atoms with Gasteiger partial charge in [0.25, 0.3) is 5.91 Å². The van der Waals surface area contributed by atoms with Crippen molar-refractivity contribution in [2.24, 2.45) is 5.84 Å². The summed E-state index contributed by atoms with van der Waals surface area (Å²) in [6, 6.07) is 9.65. The highest BCUT2D eigenvalue weighted by Crippen LogP contribution is 2.22. The largest absolute Gasteiger partial charge is 0.478 e. The summed E-state index contributed by atoms with van der Waals surface area (Å²) >= 11 is 0. The maximum absolute atomic E-state index is 11.5. The highest BCUT2D eigenvalue weighted by Gasteiger charge is 2.14. The molecule has 2 aromatic rings. The topological polar surface area (TPSA) is 92.4 Å². The third-order valence-electron chi connectivity index (χ3n) is 2.53. The van der Waals surface area contributed by atoms with Gasteiger partial charge >= 0.3 is 5.97 Å². The minimum atomic E-state index is -1.03. The molecule has 0 heterocycles. The van der Waals surface area contributed by atoms with Crippen LogP contribution in [-0.4, -0.2) is 17.0 Å². The number of carbonyl (C=O) groups excluding carboxylic acids is 1. The number of aromatic carboxylic acids is 1. The maximum Gasteiger partial charge on any atom is 0.336 e. The first kappa shape index (κ1) is 11.1. The maximum atomic E-state index is 11.5. The quantitative estimate of drug-likeness (QED) is 0.410. The SMILES string of the molecule is NNC(=O)c1ccc(C(=O)O)c2ccccc12. The Bertz CT molecular complexity index is 608. The van der Waals surface area contributed by atoms with Crippen molar-refractivity contribution in [3.63, 3.8) is 0 Å². The number of amides is 1. The number of hydrazine groups is 1. The van der Waals surface area contributed by atoms with Gasteiger partial charge in [-0.2, -0.15) is 0 Å². The van der Waals surface area contributed by atoms with Crippen molar-refractivity contribution in [3.05, 3.63) is 47.5 Å². The number of rotatable bonds is 2. The van der Waals surface area contributed by atoms with Crippen molar-refractivity contribution in [1.29, 1.82) is 0 Å². The molecule has 4 N–H and O–H groups in total. The van der Waals surface area contributed by atoms with Crippen LogP contribution in [0, 0.1) is 0 Å². The standard InChI is InChI=1S/C12H10N2O3/c13-14-11(15)9-5-6-10(12(16)17)8-4-2-1-3-7(8)9/h1-6H,13H2,(H,14,15)(H,16,17). The summed E-state index contributed by atoms with van der Waals surface area (Å²) in [6.07, 6.45) is 0. The van der Waals surface area contributed by atoms with Crippen LogP contribution in [0.2, 0.25) is 0 Å². The first-order chi connectivity index (χ1) is 8.15. The normalized spacial score (nSPS) is 10.2. The Balaban J connectivity index is 2.79. The van der Waals surface area contributed by atoms with Crippen molar-refractivity contribution >= 4 is 22.6 Å². The molecule has 0 radical (unpaired) electrons. The van der Waals surface area contributed by atoms with Gasteiger partial charge in [0.15, 0.2) is 0 Å². The summed E-state index contributed by atoms with van der Waals surface area (Å²) in [4.78, 5) is 22.6. The van der Waals surface area contributed by atoms with E-state index in [9.17, 15) is 9.59 Å². The van der Waals surface area contributed by atoms with E-state index in [4.69, 9.17) is 10.9 Å². The van der Waals surface area contributed by atoms with Gasteiger partial charge in [0.05, 0.1) is 5.56 Å². The molecule has 17 heavy (non-hydrogen) atoms. The van der Waals surface area contributed by atoms with Gasteiger partial charge in [0.1, 0.15) is 0 Å². The van der Waals surface area contributed by atoms with Crippen molar-refractivity contribution in [2.75, 3.05) is 0 Å². The van der Waals surface area contributed by atoms with Crippen LogP contribution in [0.3, 0.4) is 0 Å². The van der Waals surface area contributed by atoms with Gasteiger partial charge in [0.2, 0.25) is 0 Å². The number of fused-ring (bicyclic) bond motifs is 1. The number of nitrogen functional groups attached to an aromatic ring is 1. The number of carboxylic acids is 1. The Labute approximate surface area is 96.8 Å². The minimum absolute atomic E-state index is 0.161. The molecule has 0 aliphatic heterocycles. The molecule has 2 aromatic carbocycles. The van der Waals surface area contributed by atoms with Gasteiger partial charge < -0.3 is 5.11 Å². The van der Waals surface area contributed by atoms with E-state index in [1.807, 2.05) is 5.43 Å². The molecule has 5 heteroatoms. The fourth-order valence-electron chi connectivity index (χ4n) is 1.76. The summed E-state index contributed by atoms with van der Waals surface area (Å²) in [7, 11) is 0. The fraction of sp³-hybridized carbons (Fsp3) is 0. The lowest BCUT2D eigenvalue weighted by Gasteiger charge is -2.07. The van der Waals surface area contributed by atoms with Crippen LogP contribution in [0.15, 0.2) is 36.4 Å². The molecule has 0 aliphatic carbocycles. The predicted molar refractivity (Wildman–Crippen MR) is 62.6 cm³/mol. The molecule has 1 amide bonds. The molecule has 0 bridgehead atoms. The summed E-state index contributed by atoms with van der Waals surface area (Å²) in [5, 5.41) is 10.1. The lowest BCUT2D eigenvalue weighted by Crippen LogP contribution is -2.30. The third kappa shape index (κ3) is 1.83. The molecule has 0 spiro atoms. The number of nitrogens with two attached hydrogens (primary N) is 1. The van der Waals surface area contributed by atoms with E-state index in [0.717, 1.165) is 0 Å².